The molecule has 1 rings (SSSR count). The highest BCUT2D eigenvalue weighted by molar-refractivity contribution is 5.92. The van der Waals surface area contributed by atoms with Crippen LogP contribution in [-0.4, -0.2) is 54.7 Å². The van der Waals surface area contributed by atoms with Crippen molar-refractivity contribution < 1.29 is 9.90 Å². The third-order valence-electron chi connectivity index (χ3n) is 2.38. The summed E-state index contributed by atoms with van der Waals surface area (Å²) in [6.07, 6.45) is 2.43. The van der Waals surface area contributed by atoms with Crippen molar-refractivity contribution in [3.63, 3.8) is 0 Å². The van der Waals surface area contributed by atoms with Gasteiger partial charge < -0.3 is 15.3 Å². The Morgan fingerprint density at radius 2 is 2.26 bits per heavy atom. The zero-order valence-corrected chi connectivity index (χ0v) is 11.3. The van der Waals surface area contributed by atoms with E-state index in [9.17, 15) is 4.79 Å². The van der Waals surface area contributed by atoms with Crippen molar-refractivity contribution in [2.45, 2.75) is 6.42 Å². The number of aromatic nitrogens is 1. The molecule has 0 aromatic carbocycles. The van der Waals surface area contributed by atoms with Crippen molar-refractivity contribution in [3.8, 4) is 11.8 Å². The minimum absolute atomic E-state index is 0.180. The summed E-state index contributed by atoms with van der Waals surface area (Å²) in [7, 11) is 3.99. The number of nitrogens with one attached hydrogen (secondary N) is 1. The van der Waals surface area contributed by atoms with Crippen LogP contribution in [0.25, 0.3) is 0 Å². The zero-order valence-electron chi connectivity index (χ0n) is 11.3. The molecule has 1 aromatic rings. The zero-order chi connectivity index (χ0) is 14.1. The normalized spacial score (nSPS) is 9.89. The molecule has 5 nitrogen and oxygen atoms in total. The molecule has 0 spiro atoms. The predicted octanol–water partition coefficient (Wildman–Crippen LogP) is 0.107. The lowest BCUT2D eigenvalue weighted by atomic mass is 10.2. The quantitative estimate of drug-likeness (QED) is 0.583. The fourth-order valence-electron chi connectivity index (χ4n) is 1.43. The molecule has 0 aliphatic carbocycles. The van der Waals surface area contributed by atoms with E-state index in [-0.39, 0.29) is 12.5 Å². The lowest BCUT2D eigenvalue weighted by Gasteiger charge is -2.09. The Kier molecular flexibility index (Phi) is 6.58. The van der Waals surface area contributed by atoms with E-state index >= 15 is 0 Å². The van der Waals surface area contributed by atoms with E-state index in [1.165, 1.54) is 6.20 Å². The minimum atomic E-state index is -0.186. The molecule has 1 aromatic heterocycles. The van der Waals surface area contributed by atoms with Gasteiger partial charge in [0.15, 0.2) is 0 Å². The Morgan fingerprint density at radius 1 is 1.47 bits per heavy atom. The molecule has 1 amide bonds. The van der Waals surface area contributed by atoms with Gasteiger partial charge in [-0.15, -0.1) is 0 Å². The number of rotatable bonds is 5. The van der Waals surface area contributed by atoms with E-state index < -0.39 is 0 Å². The summed E-state index contributed by atoms with van der Waals surface area (Å²) in [5.74, 6) is 5.07. The average Bonchev–Trinajstić information content (AvgIpc) is 2.41. The maximum Gasteiger partial charge on any atom is 0.269 e. The summed E-state index contributed by atoms with van der Waals surface area (Å²) in [6.45, 7) is 1.38. The first-order valence-corrected chi connectivity index (χ1v) is 6.12. The second kappa shape index (κ2) is 8.25. The smallest absolute Gasteiger partial charge is 0.269 e. The highest BCUT2D eigenvalue weighted by Crippen LogP contribution is 1.99. The molecule has 0 unspecified atom stereocenters. The van der Waals surface area contributed by atoms with Crippen LogP contribution in [-0.2, 0) is 0 Å². The average molecular weight is 261 g/mol. The molecular formula is C14H19N3O2. The fourth-order valence-corrected chi connectivity index (χ4v) is 1.43. The molecule has 1 heterocycles. The van der Waals surface area contributed by atoms with Gasteiger partial charge in [0.05, 0.1) is 0 Å². The van der Waals surface area contributed by atoms with Gasteiger partial charge in [-0.3, -0.25) is 4.79 Å². The van der Waals surface area contributed by atoms with Gasteiger partial charge in [0.2, 0.25) is 0 Å². The van der Waals surface area contributed by atoms with E-state index in [4.69, 9.17) is 5.11 Å². The molecule has 102 valence electrons. The first-order chi connectivity index (χ1) is 9.13. The Morgan fingerprint density at radius 3 is 2.84 bits per heavy atom. The Balaban J connectivity index is 2.44. The summed E-state index contributed by atoms with van der Waals surface area (Å²) in [4.78, 5) is 17.9. The van der Waals surface area contributed by atoms with Crippen LogP contribution in [0.3, 0.4) is 0 Å². The standard InChI is InChI=1S/C14H19N3O2/c1-17(2)9-4-8-15-14(19)13-7-6-12(11-16-13)5-3-10-18/h6-7,11,18H,4,8-10H2,1-2H3,(H,15,19). The molecule has 0 atom stereocenters. The van der Waals surface area contributed by atoms with Gasteiger partial charge in [0.25, 0.3) is 5.91 Å². The molecule has 0 bridgehead atoms. The number of aliphatic hydroxyl groups is 1. The number of nitrogens with zero attached hydrogens (tertiary/aromatic N) is 2. The predicted molar refractivity (Wildman–Crippen MR) is 73.7 cm³/mol. The van der Waals surface area contributed by atoms with Crippen LogP contribution in [0.2, 0.25) is 0 Å². The third-order valence-corrected chi connectivity index (χ3v) is 2.38. The lowest BCUT2D eigenvalue weighted by molar-refractivity contribution is 0.0947. The van der Waals surface area contributed by atoms with Gasteiger partial charge in [0.1, 0.15) is 12.3 Å². The molecule has 0 fully saturated rings. The van der Waals surface area contributed by atoms with E-state index in [0.717, 1.165) is 13.0 Å². The molecule has 5 heteroatoms. The van der Waals surface area contributed by atoms with Crippen molar-refractivity contribution in [3.05, 3.63) is 29.6 Å². The van der Waals surface area contributed by atoms with Crippen LogP contribution in [0.1, 0.15) is 22.5 Å². The molecular weight excluding hydrogens is 242 g/mol. The van der Waals surface area contributed by atoms with Gasteiger partial charge in [-0.05, 0) is 39.2 Å². The fraction of sp³-hybridized carbons (Fsp3) is 0.429. The molecule has 0 aliphatic heterocycles. The topological polar surface area (TPSA) is 65.5 Å². The third kappa shape index (κ3) is 6.00. The highest BCUT2D eigenvalue weighted by Gasteiger charge is 2.05. The number of hydrogen-bond acceptors (Lipinski definition) is 4. The van der Waals surface area contributed by atoms with Crippen LogP contribution in [0.15, 0.2) is 18.3 Å². The van der Waals surface area contributed by atoms with E-state index in [1.807, 2.05) is 14.1 Å². The molecule has 0 saturated carbocycles. The second-order valence-corrected chi connectivity index (χ2v) is 4.30. The monoisotopic (exact) mass is 261 g/mol. The molecule has 0 aliphatic rings. The van der Waals surface area contributed by atoms with Crippen LogP contribution >= 0.6 is 0 Å². The van der Waals surface area contributed by atoms with Gasteiger partial charge in [-0.2, -0.15) is 0 Å². The van der Waals surface area contributed by atoms with Crippen LogP contribution in [0.4, 0.5) is 0 Å². The van der Waals surface area contributed by atoms with Gasteiger partial charge >= 0.3 is 0 Å². The molecule has 19 heavy (non-hydrogen) atoms. The van der Waals surface area contributed by atoms with Crippen molar-refractivity contribution in [2.24, 2.45) is 0 Å². The van der Waals surface area contributed by atoms with Gasteiger partial charge in [-0.1, -0.05) is 11.8 Å². The first kappa shape index (κ1) is 15.2. The van der Waals surface area contributed by atoms with Crippen molar-refractivity contribution in [2.75, 3.05) is 33.8 Å². The minimum Gasteiger partial charge on any atom is -0.384 e. The van der Waals surface area contributed by atoms with Gasteiger partial charge in [0, 0.05) is 18.3 Å². The SMILES string of the molecule is CN(C)CCCNC(=O)c1ccc(C#CCO)cn1. The maximum atomic E-state index is 11.8. The summed E-state index contributed by atoms with van der Waals surface area (Å²) in [5.41, 5.74) is 1.05. The number of aliphatic hydroxyl groups excluding tert-OH is 1. The summed E-state index contributed by atoms with van der Waals surface area (Å²) >= 11 is 0. The first-order valence-electron chi connectivity index (χ1n) is 6.12. The van der Waals surface area contributed by atoms with Crippen molar-refractivity contribution in [1.82, 2.24) is 15.2 Å². The van der Waals surface area contributed by atoms with Crippen LogP contribution < -0.4 is 5.32 Å². The number of carbonyl (C=O) groups is 1. The molecule has 0 radical (unpaired) electrons. The number of amides is 1. The molecule has 2 N–H and O–H groups in total. The highest BCUT2D eigenvalue weighted by atomic mass is 16.2. The Hall–Kier alpha value is -1.90. The summed E-state index contributed by atoms with van der Waals surface area (Å²) in [5, 5.41) is 11.4. The van der Waals surface area contributed by atoms with Crippen molar-refractivity contribution >= 4 is 5.91 Å². The van der Waals surface area contributed by atoms with Crippen molar-refractivity contribution in [1.29, 1.82) is 0 Å². The molecule has 0 saturated heterocycles. The summed E-state index contributed by atoms with van der Waals surface area (Å²) < 4.78 is 0. The number of hydrogen-bond donors (Lipinski definition) is 2. The second-order valence-electron chi connectivity index (χ2n) is 4.30. The maximum absolute atomic E-state index is 11.8. The van der Waals surface area contributed by atoms with E-state index in [2.05, 4.69) is 27.0 Å². The number of carbonyl (C=O) groups excluding carboxylic acids is 1. The Labute approximate surface area is 113 Å². The van der Waals surface area contributed by atoms with Gasteiger partial charge in [-0.25, -0.2) is 4.98 Å². The number of pyridine rings is 1. The van der Waals surface area contributed by atoms with E-state index in [0.29, 0.717) is 17.8 Å². The lowest BCUT2D eigenvalue weighted by Crippen LogP contribution is -2.27. The summed E-state index contributed by atoms with van der Waals surface area (Å²) in [6, 6.07) is 3.34. The van der Waals surface area contributed by atoms with E-state index in [1.54, 1.807) is 12.1 Å². The Bertz CT molecular complexity index is 458. The largest absolute Gasteiger partial charge is 0.384 e. The van der Waals surface area contributed by atoms with Crippen LogP contribution in [0.5, 0.6) is 0 Å². The van der Waals surface area contributed by atoms with Crippen LogP contribution in [0, 0.1) is 11.8 Å².